The molecular weight excluding hydrogens is 384 g/mol. The number of Topliss-reactive ketones (excluding diaryl/α,β-unsaturated/α-hetero) is 1. The topological polar surface area (TPSA) is 192 Å². The number of aliphatic hydroxyl groups excluding tert-OH is 5. The van der Waals surface area contributed by atoms with E-state index in [1.807, 2.05) is 0 Å². The van der Waals surface area contributed by atoms with Crippen LogP contribution in [0.15, 0.2) is 0 Å². The van der Waals surface area contributed by atoms with Gasteiger partial charge in [-0.2, -0.15) is 0 Å². The molecule has 9 atom stereocenters. The van der Waals surface area contributed by atoms with Crippen LogP contribution in [0.4, 0.5) is 0 Å². The Balaban J connectivity index is 2.24. The van der Waals surface area contributed by atoms with Crippen molar-refractivity contribution in [2.75, 3.05) is 6.61 Å². The van der Waals surface area contributed by atoms with Gasteiger partial charge in [0.25, 0.3) is 0 Å². The van der Waals surface area contributed by atoms with Gasteiger partial charge in [-0.3, -0.25) is 4.79 Å². The lowest BCUT2D eigenvalue weighted by atomic mass is 9.97. The van der Waals surface area contributed by atoms with Crippen LogP contribution in [0.2, 0.25) is 0 Å². The molecule has 12 nitrogen and oxygen atoms in total. The SMILES string of the molecule is CC(C)(C)O[C@@H]1OC(C(=O)O)[C@@H](O)C(O[C@@H]2OC(CO)[C@@H](O)C(O)C2=O)C1O. The molecular formula is C16H26O12. The number of carbonyl (C=O) groups is 2. The minimum atomic E-state index is -1.94. The van der Waals surface area contributed by atoms with E-state index in [4.69, 9.17) is 18.9 Å². The summed E-state index contributed by atoms with van der Waals surface area (Å²) >= 11 is 0. The summed E-state index contributed by atoms with van der Waals surface area (Å²) in [6, 6.07) is 0. The van der Waals surface area contributed by atoms with Crippen LogP contribution in [0.1, 0.15) is 20.8 Å². The molecule has 2 heterocycles. The zero-order valence-corrected chi connectivity index (χ0v) is 15.5. The summed E-state index contributed by atoms with van der Waals surface area (Å²) in [5, 5.41) is 58.7. The maximum atomic E-state index is 12.1. The van der Waals surface area contributed by atoms with Gasteiger partial charge in [-0.25, -0.2) is 4.79 Å². The van der Waals surface area contributed by atoms with E-state index in [1.165, 1.54) is 0 Å². The second-order valence-electron chi connectivity index (χ2n) is 7.60. The Labute approximate surface area is 160 Å². The molecule has 0 aromatic carbocycles. The van der Waals surface area contributed by atoms with Crippen LogP contribution in [0.5, 0.6) is 0 Å². The quantitative estimate of drug-likeness (QED) is 0.265. The first kappa shape index (κ1) is 23.1. The number of ketones is 1. The highest BCUT2D eigenvalue weighted by Gasteiger charge is 2.53. The molecule has 0 spiro atoms. The maximum Gasteiger partial charge on any atom is 0.335 e. The average Bonchev–Trinajstić information content (AvgIpc) is 2.59. The third kappa shape index (κ3) is 4.84. The van der Waals surface area contributed by atoms with Crippen LogP contribution in [0.3, 0.4) is 0 Å². The fourth-order valence-corrected chi connectivity index (χ4v) is 2.86. The summed E-state index contributed by atoms with van der Waals surface area (Å²) in [6.45, 7) is 4.11. The molecule has 12 heteroatoms. The predicted molar refractivity (Wildman–Crippen MR) is 86.8 cm³/mol. The molecule has 0 aliphatic carbocycles. The lowest BCUT2D eigenvalue weighted by Crippen LogP contribution is -2.65. The number of aliphatic hydroxyl groups is 5. The van der Waals surface area contributed by atoms with E-state index in [1.54, 1.807) is 20.8 Å². The summed E-state index contributed by atoms with van der Waals surface area (Å²) in [5.74, 6) is -2.68. The molecule has 2 aliphatic heterocycles. The molecule has 0 radical (unpaired) electrons. The van der Waals surface area contributed by atoms with Crippen LogP contribution in [0, 0.1) is 0 Å². The monoisotopic (exact) mass is 410 g/mol. The van der Waals surface area contributed by atoms with Crippen molar-refractivity contribution in [1.29, 1.82) is 0 Å². The van der Waals surface area contributed by atoms with Gasteiger partial charge in [0.15, 0.2) is 12.4 Å². The molecule has 2 fully saturated rings. The maximum absolute atomic E-state index is 12.1. The van der Waals surface area contributed by atoms with Gasteiger partial charge in [-0.05, 0) is 20.8 Å². The second-order valence-corrected chi connectivity index (χ2v) is 7.60. The van der Waals surface area contributed by atoms with Gasteiger partial charge < -0.3 is 49.6 Å². The summed E-state index contributed by atoms with van der Waals surface area (Å²) in [4.78, 5) is 23.5. The Morgan fingerprint density at radius 3 is 2.18 bits per heavy atom. The Kier molecular flexibility index (Phi) is 7.12. The average molecular weight is 410 g/mol. The van der Waals surface area contributed by atoms with Crippen molar-refractivity contribution in [3.8, 4) is 0 Å². The van der Waals surface area contributed by atoms with Crippen LogP contribution in [0.25, 0.3) is 0 Å². The number of hydrogen-bond acceptors (Lipinski definition) is 11. The van der Waals surface area contributed by atoms with Gasteiger partial charge in [0.1, 0.15) is 36.6 Å². The van der Waals surface area contributed by atoms with Crippen molar-refractivity contribution in [2.24, 2.45) is 0 Å². The van der Waals surface area contributed by atoms with E-state index >= 15 is 0 Å². The molecule has 2 aliphatic rings. The summed E-state index contributed by atoms with van der Waals surface area (Å²) < 4.78 is 20.9. The first-order chi connectivity index (χ1) is 12.9. The van der Waals surface area contributed by atoms with E-state index in [-0.39, 0.29) is 0 Å². The van der Waals surface area contributed by atoms with Crippen molar-refractivity contribution in [3.05, 3.63) is 0 Å². The molecule has 0 bridgehead atoms. The van der Waals surface area contributed by atoms with Crippen molar-refractivity contribution in [2.45, 2.75) is 81.7 Å². The first-order valence-electron chi connectivity index (χ1n) is 8.61. The van der Waals surface area contributed by atoms with Crippen LogP contribution in [-0.4, -0.2) is 110 Å². The van der Waals surface area contributed by atoms with E-state index < -0.39 is 79.3 Å². The standard InChI is InChI=1S/C16H26O12/c1-16(2,3)28-15-10(22)11(9(21)12(27-15)13(23)24)26-14-8(20)7(19)6(18)5(4-17)25-14/h5-7,9-12,14-15,17-19,21-22H,4H2,1-3H3,(H,23,24)/t5?,6-,7?,9+,10?,11?,12?,14+,15+/m1/s1. The zero-order valence-electron chi connectivity index (χ0n) is 15.5. The number of carbonyl (C=O) groups excluding carboxylic acids is 1. The predicted octanol–water partition coefficient (Wildman–Crippen LogP) is -3.27. The van der Waals surface area contributed by atoms with Gasteiger partial charge in [0, 0.05) is 0 Å². The van der Waals surface area contributed by atoms with Gasteiger partial charge in [0.2, 0.25) is 12.1 Å². The van der Waals surface area contributed by atoms with Crippen LogP contribution < -0.4 is 0 Å². The first-order valence-corrected chi connectivity index (χ1v) is 8.61. The normalized spacial score (nSPS) is 42.4. The lowest BCUT2D eigenvalue weighted by molar-refractivity contribution is -0.339. The Bertz CT molecular complexity index is 574. The van der Waals surface area contributed by atoms with Crippen molar-refractivity contribution in [1.82, 2.24) is 0 Å². The van der Waals surface area contributed by atoms with Gasteiger partial charge >= 0.3 is 5.97 Å². The molecule has 0 aromatic heterocycles. The molecule has 2 rings (SSSR count). The Morgan fingerprint density at radius 1 is 1.07 bits per heavy atom. The lowest BCUT2D eigenvalue weighted by Gasteiger charge is -2.44. The van der Waals surface area contributed by atoms with Crippen molar-refractivity contribution < 1.29 is 59.2 Å². The molecule has 6 N–H and O–H groups in total. The van der Waals surface area contributed by atoms with E-state index in [0.717, 1.165) is 0 Å². The molecule has 5 unspecified atom stereocenters. The highest BCUT2D eigenvalue weighted by atomic mass is 16.7. The third-order valence-corrected chi connectivity index (χ3v) is 4.24. The van der Waals surface area contributed by atoms with Crippen LogP contribution in [-0.2, 0) is 28.5 Å². The van der Waals surface area contributed by atoms with Crippen molar-refractivity contribution >= 4 is 11.8 Å². The van der Waals surface area contributed by atoms with Crippen molar-refractivity contribution in [3.63, 3.8) is 0 Å². The number of rotatable bonds is 5. The smallest absolute Gasteiger partial charge is 0.335 e. The number of carboxylic acid groups (broad SMARTS) is 1. The largest absolute Gasteiger partial charge is 0.479 e. The third-order valence-electron chi connectivity index (χ3n) is 4.24. The zero-order chi connectivity index (χ0) is 21.4. The molecule has 162 valence electrons. The Hall–Kier alpha value is -1.22. The summed E-state index contributed by atoms with van der Waals surface area (Å²) in [6.07, 6.45) is -15.6. The second kappa shape index (κ2) is 8.65. The molecule has 0 aromatic rings. The molecule has 2 saturated heterocycles. The van der Waals surface area contributed by atoms with Gasteiger partial charge in [0.05, 0.1) is 12.2 Å². The molecule has 0 saturated carbocycles. The summed E-state index contributed by atoms with van der Waals surface area (Å²) in [5.41, 5.74) is -0.860. The number of hydrogen-bond donors (Lipinski definition) is 6. The fraction of sp³-hybridized carbons (Fsp3) is 0.875. The van der Waals surface area contributed by atoms with E-state index in [9.17, 15) is 40.2 Å². The Morgan fingerprint density at radius 2 is 1.68 bits per heavy atom. The number of carboxylic acids is 1. The molecule has 28 heavy (non-hydrogen) atoms. The molecule has 0 amide bonds. The number of aliphatic carboxylic acids is 1. The van der Waals surface area contributed by atoms with E-state index in [0.29, 0.717) is 0 Å². The fourth-order valence-electron chi connectivity index (χ4n) is 2.86. The highest BCUT2D eigenvalue weighted by Crippen LogP contribution is 2.30. The van der Waals surface area contributed by atoms with E-state index in [2.05, 4.69) is 0 Å². The number of ether oxygens (including phenoxy) is 4. The van der Waals surface area contributed by atoms with Crippen LogP contribution >= 0.6 is 0 Å². The van der Waals surface area contributed by atoms with Gasteiger partial charge in [-0.15, -0.1) is 0 Å². The minimum Gasteiger partial charge on any atom is -0.479 e. The highest BCUT2D eigenvalue weighted by molar-refractivity contribution is 5.87. The van der Waals surface area contributed by atoms with Gasteiger partial charge in [-0.1, -0.05) is 0 Å². The minimum absolute atomic E-state index is 0.752. The summed E-state index contributed by atoms with van der Waals surface area (Å²) in [7, 11) is 0.